The van der Waals surface area contributed by atoms with Gasteiger partial charge in [0.25, 0.3) is 0 Å². The van der Waals surface area contributed by atoms with Gasteiger partial charge in [0, 0.05) is 45.3 Å². The largest absolute Gasteiger partial charge is 0.393 e. The minimum Gasteiger partial charge on any atom is -0.393 e. The van der Waals surface area contributed by atoms with Crippen molar-refractivity contribution < 1.29 is 9.90 Å². The van der Waals surface area contributed by atoms with E-state index in [0.717, 1.165) is 43.7 Å². The summed E-state index contributed by atoms with van der Waals surface area (Å²) in [7, 11) is 1.79. The Hall–Kier alpha value is -1.82. The van der Waals surface area contributed by atoms with E-state index in [1.165, 1.54) is 12.8 Å². The molecule has 0 spiro atoms. The number of carbonyl (C=O) groups excluding carboxylic acids is 1. The fourth-order valence-corrected chi connectivity index (χ4v) is 3.63. The summed E-state index contributed by atoms with van der Waals surface area (Å²) in [6.45, 7) is 3.25. The fraction of sp³-hybridized carbons (Fsp3) is 0.667. The highest BCUT2D eigenvalue weighted by molar-refractivity contribution is 5.73. The first-order valence-electron chi connectivity index (χ1n) is 9.00. The molecule has 6 heteroatoms. The van der Waals surface area contributed by atoms with Crippen molar-refractivity contribution >= 4 is 11.8 Å². The molecule has 1 aromatic rings. The van der Waals surface area contributed by atoms with Gasteiger partial charge in [-0.25, -0.2) is 9.78 Å². The number of rotatable bonds is 5. The van der Waals surface area contributed by atoms with Crippen LogP contribution in [0.2, 0.25) is 0 Å². The molecule has 2 fully saturated rings. The van der Waals surface area contributed by atoms with Crippen molar-refractivity contribution in [3.8, 4) is 0 Å². The van der Waals surface area contributed by atoms with Crippen LogP contribution in [-0.4, -0.2) is 53.8 Å². The molecule has 2 aliphatic rings. The summed E-state index contributed by atoms with van der Waals surface area (Å²) in [6, 6.07) is 3.96. The van der Waals surface area contributed by atoms with Gasteiger partial charge < -0.3 is 20.2 Å². The lowest BCUT2D eigenvalue weighted by Crippen LogP contribution is -2.40. The van der Waals surface area contributed by atoms with E-state index in [4.69, 9.17) is 0 Å². The summed E-state index contributed by atoms with van der Waals surface area (Å²) >= 11 is 0. The standard InChI is InChI=1S/C18H28N4O2/c1-21(13-15-5-4-6-16(15)23)18(24)20-12-14-7-8-17(19-11-14)22-9-2-3-10-22/h7-8,11,15-16,23H,2-6,9-10,12-13H2,1H3,(H,20,24). The topological polar surface area (TPSA) is 68.7 Å². The SMILES string of the molecule is CN(CC1CCCC1O)C(=O)NCc1ccc(N2CCCC2)nc1. The molecule has 24 heavy (non-hydrogen) atoms. The molecular formula is C18H28N4O2. The molecule has 1 saturated heterocycles. The molecular weight excluding hydrogens is 304 g/mol. The third-order valence-corrected chi connectivity index (χ3v) is 5.16. The molecule has 2 unspecified atom stereocenters. The Morgan fingerprint density at radius 2 is 2.12 bits per heavy atom. The summed E-state index contributed by atoms with van der Waals surface area (Å²) in [5.74, 6) is 1.23. The van der Waals surface area contributed by atoms with Crippen LogP contribution in [0, 0.1) is 5.92 Å². The maximum absolute atomic E-state index is 12.2. The Kier molecular flexibility index (Phi) is 5.56. The number of aliphatic hydroxyl groups excluding tert-OH is 1. The Morgan fingerprint density at radius 3 is 2.75 bits per heavy atom. The molecule has 0 aromatic carbocycles. The van der Waals surface area contributed by atoms with Gasteiger partial charge in [-0.3, -0.25) is 0 Å². The molecule has 3 rings (SSSR count). The quantitative estimate of drug-likeness (QED) is 0.865. The van der Waals surface area contributed by atoms with Gasteiger partial charge in [-0.05, 0) is 37.3 Å². The van der Waals surface area contributed by atoms with Crippen molar-refractivity contribution in [2.45, 2.75) is 44.8 Å². The molecule has 132 valence electrons. The minimum absolute atomic E-state index is 0.0993. The van der Waals surface area contributed by atoms with Crippen LogP contribution in [0.25, 0.3) is 0 Å². The van der Waals surface area contributed by atoms with E-state index in [1.54, 1.807) is 11.9 Å². The number of hydrogen-bond donors (Lipinski definition) is 2. The summed E-state index contributed by atoms with van der Waals surface area (Å²) in [6.07, 6.45) is 6.96. The van der Waals surface area contributed by atoms with E-state index >= 15 is 0 Å². The maximum atomic E-state index is 12.2. The van der Waals surface area contributed by atoms with Crippen LogP contribution in [0.5, 0.6) is 0 Å². The van der Waals surface area contributed by atoms with Gasteiger partial charge in [0.1, 0.15) is 5.82 Å². The Morgan fingerprint density at radius 1 is 1.33 bits per heavy atom. The minimum atomic E-state index is -0.261. The molecule has 6 nitrogen and oxygen atoms in total. The van der Waals surface area contributed by atoms with Crippen LogP contribution in [0.4, 0.5) is 10.6 Å². The molecule has 1 aliphatic heterocycles. The van der Waals surface area contributed by atoms with E-state index in [2.05, 4.69) is 15.2 Å². The highest BCUT2D eigenvalue weighted by Gasteiger charge is 2.27. The van der Waals surface area contributed by atoms with Crippen molar-refractivity contribution in [3.05, 3.63) is 23.9 Å². The van der Waals surface area contributed by atoms with Crippen molar-refractivity contribution in [2.75, 3.05) is 31.6 Å². The number of amides is 2. The van der Waals surface area contributed by atoms with Crippen LogP contribution in [-0.2, 0) is 6.54 Å². The third-order valence-electron chi connectivity index (χ3n) is 5.16. The van der Waals surface area contributed by atoms with Crippen molar-refractivity contribution in [3.63, 3.8) is 0 Å². The number of anilines is 1. The molecule has 2 N–H and O–H groups in total. The maximum Gasteiger partial charge on any atom is 0.317 e. The lowest BCUT2D eigenvalue weighted by Gasteiger charge is -2.23. The Bertz CT molecular complexity index is 542. The fourth-order valence-electron chi connectivity index (χ4n) is 3.63. The Balaban J connectivity index is 1.45. The Labute approximate surface area is 143 Å². The van der Waals surface area contributed by atoms with Crippen LogP contribution >= 0.6 is 0 Å². The zero-order chi connectivity index (χ0) is 16.9. The summed E-state index contributed by atoms with van der Waals surface area (Å²) < 4.78 is 0. The number of nitrogens with zero attached hydrogens (tertiary/aromatic N) is 3. The van der Waals surface area contributed by atoms with E-state index in [9.17, 15) is 9.90 Å². The normalized spacial score (nSPS) is 23.5. The molecule has 1 aliphatic carbocycles. The average Bonchev–Trinajstić information content (AvgIpc) is 3.26. The lowest BCUT2D eigenvalue weighted by atomic mass is 10.1. The molecule has 2 heterocycles. The van der Waals surface area contributed by atoms with Crippen molar-refractivity contribution in [1.82, 2.24) is 15.2 Å². The number of hydrogen-bond acceptors (Lipinski definition) is 4. The van der Waals surface area contributed by atoms with E-state index in [0.29, 0.717) is 13.1 Å². The number of urea groups is 1. The van der Waals surface area contributed by atoms with Gasteiger partial charge in [-0.15, -0.1) is 0 Å². The summed E-state index contributed by atoms with van der Waals surface area (Å²) in [5, 5.41) is 12.8. The van der Waals surface area contributed by atoms with E-state index in [-0.39, 0.29) is 18.1 Å². The molecule has 1 saturated carbocycles. The molecule has 1 aromatic heterocycles. The van der Waals surface area contributed by atoms with Crippen LogP contribution in [0.15, 0.2) is 18.3 Å². The zero-order valence-electron chi connectivity index (χ0n) is 14.4. The second-order valence-corrected chi connectivity index (χ2v) is 7.02. The van der Waals surface area contributed by atoms with Gasteiger partial charge in [0.2, 0.25) is 0 Å². The molecule has 0 radical (unpaired) electrons. The van der Waals surface area contributed by atoms with Crippen molar-refractivity contribution in [2.24, 2.45) is 5.92 Å². The number of aromatic nitrogens is 1. The highest BCUT2D eigenvalue weighted by atomic mass is 16.3. The third kappa shape index (κ3) is 4.17. The summed E-state index contributed by atoms with van der Waals surface area (Å²) in [4.78, 5) is 20.7. The molecule has 2 amide bonds. The highest BCUT2D eigenvalue weighted by Crippen LogP contribution is 2.26. The second-order valence-electron chi connectivity index (χ2n) is 7.02. The average molecular weight is 332 g/mol. The van der Waals surface area contributed by atoms with Crippen LogP contribution in [0.3, 0.4) is 0 Å². The van der Waals surface area contributed by atoms with Gasteiger partial charge in [0.05, 0.1) is 6.10 Å². The van der Waals surface area contributed by atoms with E-state index in [1.807, 2.05) is 18.3 Å². The monoisotopic (exact) mass is 332 g/mol. The summed E-state index contributed by atoms with van der Waals surface area (Å²) in [5.41, 5.74) is 1.00. The zero-order valence-corrected chi connectivity index (χ0v) is 14.4. The van der Waals surface area contributed by atoms with Gasteiger partial charge in [-0.2, -0.15) is 0 Å². The first-order valence-corrected chi connectivity index (χ1v) is 9.00. The van der Waals surface area contributed by atoms with Crippen LogP contribution in [0.1, 0.15) is 37.7 Å². The van der Waals surface area contributed by atoms with Gasteiger partial charge >= 0.3 is 6.03 Å². The van der Waals surface area contributed by atoms with E-state index < -0.39 is 0 Å². The first-order chi connectivity index (χ1) is 11.6. The number of carbonyl (C=O) groups is 1. The second kappa shape index (κ2) is 7.83. The predicted octanol–water partition coefficient (Wildman–Crippen LogP) is 1.98. The molecule has 2 atom stereocenters. The lowest BCUT2D eigenvalue weighted by molar-refractivity contribution is 0.114. The van der Waals surface area contributed by atoms with Crippen molar-refractivity contribution in [1.29, 1.82) is 0 Å². The van der Waals surface area contributed by atoms with Crippen LogP contribution < -0.4 is 10.2 Å². The number of aliphatic hydroxyl groups is 1. The van der Waals surface area contributed by atoms with Gasteiger partial charge in [-0.1, -0.05) is 12.5 Å². The smallest absolute Gasteiger partial charge is 0.317 e. The predicted molar refractivity (Wildman–Crippen MR) is 93.9 cm³/mol. The molecule has 0 bridgehead atoms. The van der Waals surface area contributed by atoms with Gasteiger partial charge in [0.15, 0.2) is 0 Å². The number of nitrogens with one attached hydrogen (secondary N) is 1. The first kappa shape index (κ1) is 17.0. The number of pyridine rings is 1.